The molecule has 1 aliphatic carbocycles. The first kappa shape index (κ1) is 96.1. The summed E-state index contributed by atoms with van der Waals surface area (Å²) < 4.78 is 111. The minimum absolute atomic E-state index is 0.0830. The SMILES string of the molecule is COS(=O)(=O)Nc1cncc(-c2nc(N3CCCCC3)nc3c(Br)csc23)c1.COc1ncc(-c2nc(N3CCCCC3)nc3c(Br)csc23)cc1NS(C)(=O)=O.COc1ncc(-c2nc(N3CCOCC3)nc3c(Br)csc23)cc1CS(=O)(=O)C1CC1.Cc1cn(-c2nc(N3CCCCC3)nc3c(Br)csc23)c(C)n1.Cn1cc(-c2nc(N3CCCCC3)nc3c(Br)csc23)cn1. The molecule has 133 heavy (non-hydrogen) atoms. The zero-order valence-corrected chi connectivity index (χ0v) is 87.9. The summed E-state index contributed by atoms with van der Waals surface area (Å²) in [6, 6.07) is 5.23. The van der Waals surface area contributed by atoms with Crippen molar-refractivity contribution in [3.63, 3.8) is 0 Å². The van der Waals surface area contributed by atoms with Crippen molar-refractivity contribution in [2.75, 3.05) is 140 Å². The number of pyridine rings is 3. The number of sulfonamides is 1. The summed E-state index contributed by atoms with van der Waals surface area (Å²) in [6.07, 6.45) is 29.3. The van der Waals surface area contributed by atoms with E-state index in [4.69, 9.17) is 64.1 Å². The number of rotatable bonds is 20. The lowest BCUT2D eigenvalue weighted by molar-refractivity contribution is 0.122. The van der Waals surface area contributed by atoms with E-state index in [0.29, 0.717) is 59.3 Å². The summed E-state index contributed by atoms with van der Waals surface area (Å²) in [4.78, 5) is 76.8. The van der Waals surface area contributed by atoms with E-state index in [0.717, 1.165) is 254 Å². The van der Waals surface area contributed by atoms with E-state index in [9.17, 15) is 25.3 Å². The second-order valence-corrected chi connectivity index (χ2v) is 46.5. The van der Waals surface area contributed by atoms with Gasteiger partial charge in [-0.2, -0.15) is 18.5 Å². The molecule has 6 aliphatic rings. The highest BCUT2D eigenvalue weighted by molar-refractivity contribution is 9.11. The lowest BCUT2D eigenvalue weighted by Crippen LogP contribution is -2.37. The van der Waals surface area contributed by atoms with Crippen LogP contribution in [0.25, 0.3) is 102 Å². The Morgan fingerprint density at radius 2 is 0.842 bits per heavy atom. The van der Waals surface area contributed by atoms with Crippen LogP contribution in [0.5, 0.6) is 11.8 Å². The molecule has 5 aliphatic heterocycles. The van der Waals surface area contributed by atoms with Gasteiger partial charge in [0.25, 0.3) is 0 Å². The first-order valence-electron chi connectivity index (χ1n) is 43.0. The molecule has 0 spiro atoms. The van der Waals surface area contributed by atoms with Gasteiger partial charge in [0.05, 0.1) is 144 Å². The smallest absolute Gasteiger partial charge is 0.359 e. The van der Waals surface area contributed by atoms with Crippen molar-refractivity contribution in [1.82, 2.24) is 84.1 Å². The number of sulfone groups is 1. The van der Waals surface area contributed by atoms with E-state index in [1.807, 2.05) is 66.4 Å². The van der Waals surface area contributed by atoms with E-state index in [2.05, 4.69) is 158 Å². The minimum Gasteiger partial charge on any atom is -0.481 e. The maximum atomic E-state index is 12.6. The van der Waals surface area contributed by atoms with Crippen molar-refractivity contribution in [2.24, 2.45) is 7.05 Å². The second-order valence-electron chi connectivity index (χ2n) is 32.4. The van der Waals surface area contributed by atoms with Gasteiger partial charge in [-0.3, -0.25) is 27.9 Å². The molecule has 15 aromatic heterocycles. The Bertz CT molecular complexity index is 7130. The number of hydrogen-bond acceptors (Lipinski definition) is 35. The predicted octanol–water partition coefficient (Wildman–Crippen LogP) is 19.2. The van der Waals surface area contributed by atoms with Crippen LogP contribution >= 0.6 is 136 Å². The van der Waals surface area contributed by atoms with Gasteiger partial charge in [0, 0.05) is 158 Å². The molecule has 6 fully saturated rings. The first-order chi connectivity index (χ1) is 64.1. The fraction of sp³-hybridized carbons (Fsp3) is 0.407. The molecule has 0 unspecified atom stereocenters. The van der Waals surface area contributed by atoms with Crippen LogP contribution in [0.1, 0.15) is 107 Å². The Morgan fingerprint density at radius 3 is 1.24 bits per heavy atom. The van der Waals surface area contributed by atoms with Crippen LogP contribution in [0.2, 0.25) is 0 Å². The fourth-order valence-electron chi connectivity index (χ4n) is 16.1. The van der Waals surface area contributed by atoms with Crippen LogP contribution in [0.15, 0.2) is 111 Å². The monoisotopic (exact) mass is 2270 g/mol. The Balaban J connectivity index is 0.000000117. The van der Waals surface area contributed by atoms with Gasteiger partial charge in [-0.05, 0) is 202 Å². The predicted molar refractivity (Wildman–Crippen MR) is 548 cm³/mol. The second kappa shape index (κ2) is 42.2. The number of aromatic nitrogens is 17. The summed E-state index contributed by atoms with van der Waals surface area (Å²) in [5.41, 5.74) is 13.0. The molecule has 0 bridgehead atoms. The van der Waals surface area contributed by atoms with Gasteiger partial charge in [0.1, 0.15) is 39.1 Å². The largest absolute Gasteiger partial charge is 0.481 e. The van der Waals surface area contributed by atoms with Crippen LogP contribution in [0.4, 0.5) is 41.1 Å². The molecular weight excluding hydrogens is 2190 g/mol. The lowest BCUT2D eigenvalue weighted by atomic mass is 10.1. The molecule has 34 nitrogen and oxygen atoms in total. The molecule has 21 rings (SSSR count). The van der Waals surface area contributed by atoms with Gasteiger partial charge in [0.2, 0.25) is 51.5 Å². The number of imidazole rings is 1. The third-order valence-corrected chi connectivity index (χ3v) is 35.8. The number of methoxy groups -OCH3 is 2. The van der Waals surface area contributed by atoms with E-state index in [-0.39, 0.29) is 22.6 Å². The van der Waals surface area contributed by atoms with E-state index < -0.39 is 30.2 Å². The average molecular weight is 2280 g/mol. The van der Waals surface area contributed by atoms with Gasteiger partial charge < -0.3 is 38.7 Å². The molecule has 2 N–H and O–H groups in total. The normalized spacial score (nSPS) is 15.7. The summed E-state index contributed by atoms with van der Waals surface area (Å²) in [5.74, 6) is 6.01. The van der Waals surface area contributed by atoms with Crippen LogP contribution in [-0.4, -0.2) is 221 Å². The number of nitrogens with one attached hydrogen (secondary N) is 2. The number of fused-ring (bicyclic) bond motifs is 5. The number of anilines is 7. The number of morpholine rings is 1. The molecule has 0 atom stereocenters. The van der Waals surface area contributed by atoms with Crippen molar-refractivity contribution < 1.29 is 43.6 Å². The van der Waals surface area contributed by atoms with Crippen molar-refractivity contribution >= 4 is 259 Å². The van der Waals surface area contributed by atoms with Gasteiger partial charge >= 0.3 is 10.3 Å². The zero-order valence-electron chi connectivity index (χ0n) is 73.4. The third-order valence-electron chi connectivity index (χ3n) is 22.7. The highest BCUT2D eigenvalue weighted by Gasteiger charge is 2.37. The van der Waals surface area contributed by atoms with Gasteiger partial charge in [-0.1, -0.05) is 0 Å². The highest BCUT2D eigenvalue weighted by Crippen LogP contribution is 2.45. The number of nitrogens with zero attached hydrogens (tertiary/aromatic N) is 22. The Kier molecular flexibility index (Phi) is 30.5. The summed E-state index contributed by atoms with van der Waals surface area (Å²) >= 11 is 25.9. The Labute approximate surface area is 830 Å². The maximum absolute atomic E-state index is 12.6. The van der Waals surface area contributed by atoms with E-state index in [1.165, 1.54) is 94.5 Å². The molecule has 1 saturated carbocycles. The number of ether oxygens (including phenoxy) is 3. The summed E-state index contributed by atoms with van der Waals surface area (Å²) in [7, 11) is -4.59. The van der Waals surface area contributed by atoms with Crippen LogP contribution < -0.4 is 43.4 Å². The van der Waals surface area contributed by atoms with Crippen molar-refractivity contribution in [3.8, 4) is 62.6 Å². The summed E-state index contributed by atoms with van der Waals surface area (Å²) in [5, 5.41) is 14.2. The van der Waals surface area contributed by atoms with Gasteiger partial charge in [-0.25, -0.2) is 76.6 Å². The van der Waals surface area contributed by atoms with E-state index >= 15 is 0 Å². The first-order valence-corrected chi connectivity index (χ1v) is 56.4. The lowest BCUT2D eigenvalue weighted by Gasteiger charge is -2.27. The topological polar surface area (TPSA) is 383 Å². The molecule has 0 radical (unpaired) electrons. The van der Waals surface area contributed by atoms with E-state index in [1.54, 1.807) is 64.7 Å². The molecule has 20 heterocycles. The molecule has 700 valence electrons. The number of piperidine rings is 4. The molecular formula is C86H93Br5N24O10S8. The number of hydrogen-bond donors (Lipinski definition) is 2. The minimum atomic E-state index is -3.87. The third kappa shape index (κ3) is 22.5. The van der Waals surface area contributed by atoms with Crippen LogP contribution in [-0.2, 0) is 51.9 Å². The summed E-state index contributed by atoms with van der Waals surface area (Å²) in [6.45, 7) is 14.6. The quantitative estimate of drug-likeness (QED) is 0.0715. The van der Waals surface area contributed by atoms with Crippen molar-refractivity contribution in [2.45, 2.75) is 115 Å². The van der Waals surface area contributed by atoms with Crippen molar-refractivity contribution in [3.05, 3.63) is 128 Å². The maximum Gasteiger partial charge on any atom is 0.359 e. The van der Waals surface area contributed by atoms with Crippen LogP contribution in [0.3, 0.4) is 0 Å². The molecule has 15 aromatic rings. The molecule has 5 saturated heterocycles. The van der Waals surface area contributed by atoms with Gasteiger partial charge in [0.15, 0.2) is 15.7 Å². The number of aryl methyl sites for hydroxylation is 3. The zero-order chi connectivity index (χ0) is 93.0. The van der Waals surface area contributed by atoms with Crippen molar-refractivity contribution in [1.29, 1.82) is 0 Å². The number of halogens is 5. The average Bonchev–Trinajstić information content (AvgIpc) is 1.64. The molecule has 0 amide bonds. The molecule has 0 aromatic carbocycles. The van der Waals surface area contributed by atoms with Crippen LogP contribution in [0, 0.1) is 13.8 Å². The highest BCUT2D eigenvalue weighted by atomic mass is 79.9. The molecule has 47 heteroatoms. The number of thiophene rings is 5. The van der Waals surface area contributed by atoms with Gasteiger partial charge in [-0.15, -0.1) is 56.7 Å². The standard InChI is InChI=1S/C20H21BrN4O4S2.C18H20BrN5O3S2.C17H18BrN5O3S2.C16H18BrN5S.C15H16BrN5S/c1-28-19-13(11-31(26,27)14-2-3-14)8-12(9-22-19)16-18-17(15(21)10-30-18)24-20(23-16)25-4-6-29-7-5-25;1-27-17-13(23-29(2,25)26)8-11(9-20-17)14-16-15(12(19)10-28-16)22-18(21-14)24-6-4-3-5-7-24;1-26-28(24,25)22-12-7-11(8-19-9-12)14-16-15(13(18)10-27-16)21-17(20-14)23-5-3-2-4-6-23;1-10-8-22(11(2)18-10)15-14-13(12(17)9-23-14)19-16(20-15)21-6-4-3-5-7-21;1-20-8-10(7-17-20)12-14-13(11(16)9-22-14)19-15(18-12)21-5-3-2-4-6-21/h8-10,14H,2-7,11H2,1H3;8-10,23H,3-7H2,1-2H3;7-10,22H,2-6H2,1H3;8-9H,3-7H2,1-2H3;7-9H,2-6H2,1H3. The Morgan fingerprint density at radius 1 is 0.444 bits per heavy atom. The fourth-order valence-corrected chi connectivity index (χ4v) is 26.7. The Hall–Kier alpha value is -8.56.